The highest BCUT2D eigenvalue weighted by Gasteiger charge is 2.04. The lowest BCUT2D eigenvalue weighted by Crippen LogP contribution is -2.38. The monoisotopic (exact) mass is 537 g/mol. The first kappa shape index (κ1) is 26.4. The predicted octanol–water partition coefficient (Wildman–Crippen LogP) is 2.96. The van der Waals surface area contributed by atoms with E-state index in [0.717, 1.165) is 42.2 Å². The van der Waals surface area contributed by atoms with Crippen molar-refractivity contribution in [1.29, 1.82) is 0 Å². The van der Waals surface area contributed by atoms with Crippen molar-refractivity contribution in [3.8, 4) is 0 Å². The molecule has 31 heavy (non-hydrogen) atoms. The Balaban J connectivity index is 0.00000480. The van der Waals surface area contributed by atoms with Crippen LogP contribution >= 0.6 is 24.0 Å². The Morgan fingerprint density at radius 3 is 2.35 bits per heavy atom. The third kappa shape index (κ3) is 9.82. The number of anilines is 1. The van der Waals surface area contributed by atoms with E-state index < -0.39 is 0 Å². The summed E-state index contributed by atoms with van der Waals surface area (Å²) < 4.78 is 0. The molecule has 0 aromatic heterocycles. The Labute approximate surface area is 201 Å². The van der Waals surface area contributed by atoms with Crippen LogP contribution in [-0.2, 0) is 17.6 Å². The highest BCUT2D eigenvalue weighted by Crippen LogP contribution is 2.10. The van der Waals surface area contributed by atoms with Crippen molar-refractivity contribution in [3.05, 3.63) is 65.2 Å². The summed E-state index contributed by atoms with van der Waals surface area (Å²) in [6.45, 7) is 5.68. The van der Waals surface area contributed by atoms with Gasteiger partial charge in [0.2, 0.25) is 5.91 Å². The van der Waals surface area contributed by atoms with Crippen LogP contribution < -0.4 is 21.3 Å². The number of amides is 2. The normalized spacial score (nSPS) is 10.6. The van der Waals surface area contributed by atoms with Crippen LogP contribution in [0.3, 0.4) is 0 Å². The van der Waals surface area contributed by atoms with Crippen LogP contribution in [0.5, 0.6) is 0 Å². The van der Waals surface area contributed by atoms with E-state index in [-0.39, 0.29) is 35.8 Å². The fraction of sp³-hybridized carbons (Fsp3) is 0.348. The first-order valence-corrected chi connectivity index (χ1v) is 10.2. The molecule has 0 saturated heterocycles. The Morgan fingerprint density at radius 2 is 1.71 bits per heavy atom. The molecule has 0 aliphatic carbocycles. The Bertz CT molecular complexity index is 869. The summed E-state index contributed by atoms with van der Waals surface area (Å²) in [6.07, 6.45) is 1.60. The molecule has 8 heteroatoms. The molecular formula is C23H32IN5O2. The molecule has 2 aromatic carbocycles. The number of hydrogen-bond acceptors (Lipinski definition) is 3. The minimum Gasteiger partial charge on any atom is -0.357 e. The maximum absolute atomic E-state index is 11.8. The van der Waals surface area contributed by atoms with Crippen LogP contribution in [0.4, 0.5) is 5.69 Å². The highest BCUT2D eigenvalue weighted by atomic mass is 127. The van der Waals surface area contributed by atoms with E-state index in [1.165, 1.54) is 6.92 Å². The second-order valence-electron chi connectivity index (χ2n) is 6.85. The van der Waals surface area contributed by atoms with Gasteiger partial charge in [-0.05, 0) is 55.2 Å². The average molecular weight is 537 g/mol. The van der Waals surface area contributed by atoms with Crippen LogP contribution in [0.25, 0.3) is 0 Å². The number of rotatable bonds is 9. The van der Waals surface area contributed by atoms with Crippen LogP contribution in [0.1, 0.15) is 35.3 Å². The van der Waals surface area contributed by atoms with Crippen molar-refractivity contribution in [1.82, 2.24) is 16.0 Å². The summed E-state index contributed by atoms with van der Waals surface area (Å²) in [5.41, 5.74) is 3.72. The van der Waals surface area contributed by atoms with Crippen LogP contribution in [-0.4, -0.2) is 44.5 Å². The van der Waals surface area contributed by atoms with Gasteiger partial charge in [-0.1, -0.05) is 24.3 Å². The molecule has 2 rings (SSSR count). The molecule has 0 saturated carbocycles. The van der Waals surface area contributed by atoms with Gasteiger partial charge in [-0.2, -0.15) is 0 Å². The van der Waals surface area contributed by atoms with Crippen molar-refractivity contribution in [2.24, 2.45) is 4.99 Å². The van der Waals surface area contributed by atoms with Gasteiger partial charge in [-0.25, -0.2) is 0 Å². The molecule has 0 bridgehead atoms. The molecular weight excluding hydrogens is 505 g/mol. The van der Waals surface area contributed by atoms with E-state index in [1.807, 2.05) is 55.5 Å². The lowest BCUT2D eigenvalue weighted by atomic mass is 10.1. The first-order valence-electron chi connectivity index (χ1n) is 10.2. The quantitative estimate of drug-likeness (QED) is 0.225. The number of hydrogen-bond donors (Lipinski definition) is 4. The smallest absolute Gasteiger partial charge is 0.251 e. The second-order valence-corrected chi connectivity index (χ2v) is 6.85. The minimum atomic E-state index is -0.0789. The molecule has 0 heterocycles. The Morgan fingerprint density at radius 1 is 0.968 bits per heavy atom. The topological polar surface area (TPSA) is 94.6 Å². The lowest BCUT2D eigenvalue weighted by molar-refractivity contribution is -0.114. The first-order chi connectivity index (χ1) is 14.5. The predicted molar refractivity (Wildman–Crippen MR) is 137 cm³/mol. The summed E-state index contributed by atoms with van der Waals surface area (Å²) >= 11 is 0. The lowest BCUT2D eigenvalue weighted by Gasteiger charge is -2.12. The standard InChI is InChI=1S/C23H31N5O2.HI/c1-4-25-23(26-14-12-18-8-10-21(11-9-18)28-17(2)29)27-15-13-19-6-5-7-20(16-19)22(30)24-3;/h5-11,16H,4,12-15H2,1-3H3,(H,24,30)(H,28,29)(H2,25,26,27);1H. The summed E-state index contributed by atoms with van der Waals surface area (Å²) in [4.78, 5) is 27.5. The highest BCUT2D eigenvalue weighted by molar-refractivity contribution is 14.0. The van der Waals surface area contributed by atoms with Crippen molar-refractivity contribution in [2.45, 2.75) is 26.7 Å². The number of carbonyl (C=O) groups excluding carboxylic acids is 2. The molecule has 168 valence electrons. The van der Waals surface area contributed by atoms with Crippen molar-refractivity contribution < 1.29 is 9.59 Å². The number of halogens is 1. The molecule has 7 nitrogen and oxygen atoms in total. The molecule has 2 amide bonds. The van der Waals surface area contributed by atoms with E-state index >= 15 is 0 Å². The minimum absolute atomic E-state index is 0. The van der Waals surface area contributed by atoms with Gasteiger partial charge in [0.15, 0.2) is 5.96 Å². The van der Waals surface area contributed by atoms with E-state index in [0.29, 0.717) is 18.7 Å². The van der Waals surface area contributed by atoms with Gasteiger partial charge in [0.25, 0.3) is 5.91 Å². The third-order valence-electron chi connectivity index (χ3n) is 4.41. The van der Waals surface area contributed by atoms with Crippen molar-refractivity contribution in [3.63, 3.8) is 0 Å². The fourth-order valence-electron chi connectivity index (χ4n) is 2.93. The number of benzene rings is 2. The molecule has 0 aliphatic rings. The molecule has 0 atom stereocenters. The fourth-order valence-corrected chi connectivity index (χ4v) is 2.93. The van der Waals surface area contributed by atoms with Gasteiger partial charge in [0, 0.05) is 44.9 Å². The molecule has 4 N–H and O–H groups in total. The Kier molecular flexibility index (Phi) is 12.3. The molecule has 0 unspecified atom stereocenters. The zero-order chi connectivity index (χ0) is 21.8. The summed E-state index contributed by atoms with van der Waals surface area (Å²) in [6, 6.07) is 15.4. The largest absolute Gasteiger partial charge is 0.357 e. The zero-order valence-electron chi connectivity index (χ0n) is 18.3. The van der Waals surface area contributed by atoms with Gasteiger partial charge >= 0.3 is 0 Å². The van der Waals surface area contributed by atoms with Gasteiger partial charge in [0.1, 0.15) is 0 Å². The van der Waals surface area contributed by atoms with E-state index in [2.05, 4.69) is 26.3 Å². The molecule has 0 radical (unpaired) electrons. The van der Waals surface area contributed by atoms with Crippen molar-refractivity contribution in [2.75, 3.05) is 32.0 Å². The average Bonchev–Trinajstić information content (AvgIpc) is 2.74. The molecule has 0 aliphatic heterocycles. The van der Waals surface area contributed by atoms with E-state index in [9.17, 15) is 9.59 Å². The van der Waals surface area contributed by atoms with Crippen LogP contribution in [0.15, 0.2) is 53.5 Å². The van der Waals surface area contributed by atoms with Gasteiger partial charge in [0.05, 0.1) is 0 Å². The maximum atomic E-state index is 11.8. The van der Waals surface area contributed by atoms with Gasteiger partial charge in [-0.15, -0.1) is 24.0 Å². The van der Waals surface area contributed by atoms with Gasteiger partial charge < -0.3 is 21.3 Å². The van der Waals surface area contributed by atoms with Crippen molar-refractivity contribution >= 4 is 47.4 Å². The third-order valence-corrected chi connectivity index (χ3v) is 4.41. The van der Waals surface area contributed by atoms with E-state index in [1.54, 1.807) is 7.05 Å². The molecule has 0 spiro atoms. The maximum Gasteiger partial charge on any atom is 0.251 e. The van der Waals surface area contributed by atoms with Gasteiger partial charge in [-0.3, -0.25) is 14.6 Å². The summed E-state index contributed by atoms with van der Waals surface area (Å²) in [7, 11) is 1.63. The number of aliphatic imine (C=N–C) groups is 1. The number of nitrogens with one attached hydrogen (secondary N) is 4. The number of nitrogens with zero attached hydrogens (tertiary/aromatic N) is 1. The SMILES string of the molecule is CCNC(=NCCc1ccc(NC(C)=O)cc1)NCCc1cccc(C(=O)NC)c1.I. The zero-order valence-corrected chi connectivity index (χ0v) is 20.7. The van der Waals surface area contributed by atoms with Crippen LogP contribution in [0.2, 0.25) is 0 Å². The molecule has 2 aromatic rings. The Hall–Kier alpha value is -2.62. The summed E-state index contributed by atoms with van der Waals surface area (Å²) in [5.74, 6) is 0.619. The number of guanidine groups is 1. The number of carbonyl (C=O) groups is 2. The van der Waals surface area contributed by atoms with E-state index in [4.69, 9.17) is 0 Å². The second kappa shape index (κ2) is 14.4. The van der Waals surface area contributed by atoms with Crippen LogP contribution in [0, 0.1) is 0 Å². The summed E-state index contributed by atoms with van der Waals surface area (Å²) in [5, 5.41) is 12.0. The molecule has 0 fully saturated rings.